The minimum absolute atomic E-state index is 0.0845. The third-order valence-electron chi connectivity index (χ3n) is 19.4. The number of aliphatic hydroxyl groups is 1. The molecular formula is C84H160O17P2. The van der Waals surface area contributed by atoms with Gasteiger partial charge in [-0.25, -0.2) is 9.13 Å². The number of aliphatic hydroxyl groups excluding tert-OH is 1. The van der Waals surface area contributed by atoms with Crippen LogP contribution in [0.2, 0.25) is 0 Å². The fraction of sp³-hybridized carbons (Fsp3) is 0.905. The molecule has 0 aliphatic heterocycles. The van der Waals surface area contributed by atoms with Gasteiger partial charge in [0.05, 0.1) is 26.4 Å². The average molecular weight is 1500 g/mol. The van der Waals surface area contributed by atoms with E-state index < -0.39 is 97.5 Å². The van der Waals surface area contributed by atoms with Gasteiger partial charge in [-0.1, -0.05) is 362 Å². The normalized spacial score (nSPS) is 14.3. The lowest BCUT2D eigenvalue weighted by atomic mass is 9.99. The van der Waals surface area contributed by atoms with E-state index in [1.807, 2.05) is 0 Å². The van der Waals surface area contributed by atoms with Crippen LogP contribution in [0.3, 0.4) is 0 Å². The summed E-state index contributed by atoms with van der Waals surface area (Å²) in [5.74, 6) is 0.242. The van der Waals surface area contributed by atoms with Gasteiger partial charge in [0.25, 0.3) is 0 Å². The van der Waals surface area contributed by atoms with Crippen molar-refractivity contribution in [3.63, 3.8) is 0 Å². The molecule has 0 heterocycles. The highest BCUT2D eigenvalue weighted by molar-refractivity contribution is 7.47. The third kappa shape index (κ3) is 76.1. The van der Waals surface area contributed by atoms with E-state index in [9.17, 15) is 43.2 Å². The zero-order valence-electron chi connectivity index (χ0n) is 67.3. The molecule has 3 unspecified atom stereocenters. The van der Waals surface area contributed by atoms with Gasteiger partial charge in [-0.2, -0.15) is 0 Å². The number of ether oxygens (including phenoxy) is 4. The largest absolute Gasteiger partial charge is 0.472 e. The first kappa shape index (κ1) is 101. The van der Waals surface area contributed by atoms with Crippen LogP contribution in [0.25, 0.3) is 0 Å². The Morgan fingerprint density at radius 2 is 0.573 bits per heavy atom. The molecule has 0 saturated carbocycles. The molecule has 0 aliphatic rings. The molecule has 19 heteroatoms. The molecule has 0 fully saturated rings. The van der Waals surface area contributed by atoms with Gasteiger partial charge in [-0.05, 0) is 69.1 Å². The fourth-order valence-corrected chi connectivity index (χ4v) is 14.0. The number of esters is 4. The highest BCUT2D eigenvalue weighted by Gasteiger charge is 2.30. The van der Waals surface area contributed by atoms with E-state index in [0.29, 0.717) is 25.7 Å². The van der Waals surface area contributed by atoms with Crippen molar-refractivity contribution in [2.75, 3.05) is 39.6 Å². The van der Waals surface area contributed by atoms with E-state index in [2.05, 4.69) is 72.8 Å². The molecule has 0 saturated heterocycles. The van der Waals surface area contributed by atoms with E-state index >= 15 is 0 Å². The van der Waals surface area contributed by atoms with E-state index in [1.165, 1.54) is 205 Å². The molecule has 0 aliphatic carbocycles. The minimum Gasteiger partial charge on any atom is -0.462 e. The summed E-state index contributed by atoms with van der Waals surface area (Å²) in [6, 6.07) is 0. The predicted molar refractivity (Wildman–Crippen MR) is 423 cm³/mol. The third-order valence-corrected chi connectivity index (χ3v) is 21.3. The number of phosphoric acid groups is 2. The van der Waals surface area contributed by atoms with Gasteiger partial charge in [0.1, 0.15) is 19.3 Å². The molecule has 17 nitrogen and oxygen atoms in total. The highest BCUT2D eigenvalue weighted by atomic mass is 31.2. The molecule has 608 valence electrons. The lowest BCUT2D eigenvalue weighted by Gasteiger charge is -2.21. The molecule has 0 aromatic rings. The van der Waals surface area contributed by atoms with Crippen molar-refractivity contribution in [2.24, 2.45) is 17.8 Å². The SMILES string of the molecule is CCCCCC/C=C\C=C/CCCCCCCC(=O)O[C@H](COC(=O)CCCCCCCCCCC(C)C)COP(=O)(O)OC[C@H](O)COP(=O)(O)OC[C@@H](COC(=O)CCCCCCCCCCCCCCCCC(C)CC)OC(=O)CCCCCCCCCCCCCCCCCCC(C)C. The number of carbonyl (C=O) groups excluding carboxylic acids is 4. The molecule has 0 spiro atoms. The first-order chi connectivity index (χ1) is 49.8. The Bertz CT molecular complexity index is 2090. The number of hydrogen-bond acceptors (Lipinski definition) is 15. The Labute approximate surface area is 631 Å². The summed E-state index contributed by atoms with van der Waals surface area (Å²) in [5.41, 5.74) is 0. The van der Waals surface area contributed by atoms with Crippen LogP contribution >= 0.6 is 15.6 Å². The maximum atomic E-state index is 13.1. The standard InChI is InChI=1S/C84H160O17P2/c1-8-10-11-12-13-14-15-16-19-27-32-37-46-53-60-67-84(89)101-80(72-95-82(87)66-59-52-45-40-39-42-49-56-63-76(5)6)74-99-103(92,93)97-70-78(85)69-96-102(90,91)98-73-79(71-94-81(86)65-58-51-44-36-31-26-23-22-25-30-35-43-50-57-64-77(7)9-2)100-83(88)68-61-54-47-38-33-28-21-18-17-20-24-29-34-41-48-55-62-75(3)4/h14-16,19,75-80,85H,8-13,17-18,20-74H2,1-7H3,(H,90,91)(H,92,93)/b15-14-,19-16-/t77?,78-,79-,80-/m1/s1. The lowest BCUT2D eigenvalue weighted by molar-refractivity contribution is -0.161. The summed E-state index contributed by atoms with van der Waals surface area (Å²) in [7, 11) is -9.94. The van der Waals surface area contributed by atoms with Crippen LogP contribution in [0.1, 0.15) is 414 Å². The molecular weight excluding hydrogens is 1340 g/mol. The molecule has 6 atom stereocenters. The molecule has 0 bridgehead atoms. The monoisotopic (exact) mass is 1500 g/mol. The minimum atomic E-state index is -4.97. The number of carbonyl (C=O) groups is 4. The van der Waals surface area contributed by atoms with E-state index in [1.54, 1.807) is 0 Å². The number of unbranched alkanes of at least 4 members (excludes halogenated alkanes) is 44. The predicted octanol–water partition coefficient (Wildman–Crippen LogP) is 24.9. The van der Waals surface area contributed by atoms with Crippen LogP contribution in [-0.4, -0.2) is 96.7 Å². The van der Waals surface area contributed by atoms with Crippen molar-refractivity contribution in [1.82, 2.24) is 0 Å². The van der Waals surface area contributed by atoms with E-state index in [-0.39, 0.29) is 25.7 Å². The summed E-state index contributed by atoms with van der Waals surface area (Å²) < 4.78 is 68.8. The fourth-order valence-electron chi connectivity index (χ4n) is 12.4. The van der Waals surface area contributed by atoms with Gasteiger partial charge < -0.3 is 33.8 Å². The summed E-state index contributed by atoms with van der Waals surface area (Å²) >= 11 is 0. The van der Waals surface area contributed by atoms with Crippen LogP contribution in [0.5, 0.6) is 0 Å². The summed E-state index contributed by atoms with van der Waals surface area (Å²) in [4.78, 5) is 73.1. The summed E-state index contributed by atoms with van der Waals surface area (Å²) in [5, 5.41) is 10.7. The maximum Gasteiger partial charge on any atom is 0.472 e. The number of phosphoric ester groups is 2. The Kier molecular flexibility index (Phi) is 71.9. The molecule has 0 rings (SSSR count). The Hall–Kier alpha value is -2.46. The average Bonchev–Trinajstić information content (AvgIpc) is 0.910. The van der Waals surface area contributed by atoms with Crippen molar-refractivity contribution in [3.05, 3.63) is 24.3 Å². The second kappa shape index (κ2) is 73.7. The number of allylic oxidation sites excluding steroid dienone is 4. The Balaban J connectivity index is 5.29. The molecule has 0 aromatic heterocycles. The van der Waals surface area contributed by atoms with E-state index in [0.717, 1.165) is 127 Å². The Morgan fingerprint density at radius 1 is 0.320 bits per heavy atom. The van der Waals surface area contributed by atoms with Gasteiger partial charge in [-0.3, -0.25) is 37.3 Å². The zero-order valence-corrected chi connectivity index (χ0v) is 69.1. The van der Waals surface area contributed by atoms with Gasteiger partial charge in [0, 0.05) is 25.7 Å². The van der Waals surface area contributed by atoms with Gasteiger partial charge in [-0.15, -0.1) is 0 Å². The van der Waals surface area contributed by atoms with Crippen LogP contribution in [0.15, 0.2) is 24.3 Å². The molecule has 103 heavy (non-hydrogen) atoms. The quantitative estimate of drug-likeness (QED) is 0.0169. The van der Waals surface area contributed by atoms with Crippen molar-refractivity contribution in [3.8, 4) is 0 Å². The van der Waals surface area contributed by atoms with Crippen molar-refractivity contribution in [1.29, 1.82) is 0 Å². The number of hydrogen-bond donors (Lipinski definition) is 3. The first-order valence-corrected chi connectivity index (χ1v) is 45.7. The van der Waals surface area contributed by atoms with E-state index in [4.69, 9.17) is 37.0 Å². The van der Waals surface area contributed by atoms with Crippen LogP contribution in [-0.2, 0) is 65.4 Å². The van der Waals surface area contributed by atoms with Crippen LogP contribution in [0.4, 0.5) is 0 Å². The van der Waals surface area contributed by atoms with Crippen molar-refractivity contribution in [2.45, 2.75) is 433 Å². The lowest BCUT2D eigenvalue weighted by Crippen LogP contribution is -2.30. The second-order valence-electron chi connectivity index (χ2n) is 30.7. The molecule has 0 radical (unpaired) electrons. The van der Waals surface area contributed by atoms with Gasteiger partial charge in [0.2, 0.25) is 0 Å². The molecule has 0 amide bonds. The zero-order chi connectivity index (χ0) is 75.8. The maximum absolute atomic E-state index is 13.1. The van der Waals surface area contributed by atoms with Crippen molar-refractivity contribution < 1.29 is 80.2 Å². The Morgan fingerprint density at radius 3 is 0.864 bits per heavy atom. The second-order valence-corrected chi connectivity index (χ2v) is 33.6. The summed E-state index contributed by atoms with van der Waals surface area (Å²) in [6.45, 7) is 11.9. The first-order valence-electron chi connectivity index (χ1n) is 42.7. The molecule has 0 aromatic carbocycles. The van der Waals surface area contributed by atoms with Crippen molar-refractivity contribution >= 4 is 39.5 Å². The van der Waals surface area contributed by atoms with Crippen LogP contribution in [0, 0.1) is 17.8 Å². The smallest absolute Gasteiger partial charge is 0.462 e. The molecule has 3 N–H and O–H groups in total. The van der Waals surface area contributed by atoms with Crippen LogP contribution < -0.4 is 0 Å². The topological polar surface area (TPSA) is 237 Å². The highest BCUT2D eigenvalue weighted by Crippen LogP contribution is 2.45. The van der Waals surface area contributed by atoms with Gasteiger partial charge in [0.15, 0.2) is 12.2 Å². The number of rotatable bonds is 80. The summed E-state index contributed by atoms with van der Waals surface area (Å²) in [6.07, 6.45) is 66.0. The van der Waals surface area contributed by atoms with Gasteiger partial charge >= 0.3 is 39.5 Å².